The Morgan fingerprint density at radius 1 is 0.240 bits per heavy atom. The number of hydrogen-bond acceptors (Lipinski definition) is 0. The molecule has 0 aliphatic heterocycles. The van der Waals surface area contributed by atoms with E-state index in [4.69, 9.17) is 54.9 Å². The lowest BCUT2D eigenvalue weighted by atomic mass is 9.80. The van der Waals surface area contributed by atoms with E-state index in [0.717, 1.165) is 87.4 Å². The Morgan fingerprint density at radius 3 is 1.28 bits per heavy atom. The minimum Gasteiger partial charge on any atom is -0.269 e. The summed E-state index contributed by atoms with van der Waals surface area (Å²) in [7, 11) is 0. The van der Waals surface area contributed by atoms with Crippen LogP contribution >= 0.6 is 0 Å². The molecule has 75 heavy (non-hydrogen) atoms. The van der Waals surface area contributed by atoms with Crippen LogP contribution in [0.3, 0.4) is 0 Å². The number of hydrogen-bond donors (Lipinski definition) is 0. The topological polar surface area (TPSA) is 0 Å². The second kappa shape index (κ2) is 22.6. The number of benzene rings is 12. The molecule has 12 aromatic carbocycles. The van der Waals surface area contributed by atoms with E-state index in [2.05, 4.69) is 127 Å². The van der Waals surface area contributed by atoms with Crippen molar-refractivity contribution in [3.63, 3.8) is 0 Å². The summed E-state index contributed by atoms with van der Waals surface area (Å²) in [6.07, 6.45) is -4.54. The maximum absolute atomic E-state index is 15.1. The lowest BCUT2D eigenvalue weighted by Crippen LogP contribution is -2.05. The van der Waals surface area contributed by atoms with Crippen molar-refractivity contribution in [1.82, 2.24) is 0 Å². The van der Waals surface area contributed by atoms with Gasteiger partial charge in [0.1, 0.15) is 0 Å². The molecular weight excluding hydrogens is 1010 g/mol. The zero-order valence-corrected chi connectivity index (χ0v) is 38.0. The Morgan fingerprint density at radius 2 is 0.667 bits per heavy atom. The summed E-state index contributed by atoms with van der Waals surface area (Å²) in [6, 6.07) is 64.9. The first-order valence-corrected chi connectivity index (χ1v) is 21.9. The summed E-state index contributed by atoms with van der Waals surface area (Å²) in [5, 5.41) is 14.8. The van der Waals surface area contributed by atoms with Gasteiger partial charge in [-0.3, -0.25) is 4.70 Å². The molecule has 0 aromatic heterocycles. The van der Waals surface area contributed by atoms with Gasteiger partial charge in [0.2, 0.25) is 0 Å². The van der Waals surface area contributed by atoms with E-state index < -0.39 is 11.7 Å². The normalized spacial score (nSPS) is 11.0. The van der Waals surface area contributed by atoms with E-state index in [1.807, 2.05) is 48.5 Å². The first kappa shape index (κ1) is 54.1. The SMILES string of the molecule is F.FC(F)(F)c1cc2c3c(cc4ccccc4c3c1)-c1c-2c(-c2ccccc2)c2c(ccc3c4cc5c(cc4ccc32)-c2cccc3c2c-5cc2ccccc23)c1-c1ccccc1.FF.FF.FF.FF.FF.FF. The zero-order valence-electron chi connectivity index (χ0n) is 38.0. The summed E-state index contributed by atoms with van der Waals surface area (Å²) in [4.78, 5) is 0. The van der Waals surface area contributed by atoms with E-state index in [-0.39, 0.29) is 4.70 Å². The molecule has 14 rings (SSSR count). The van der Waals surface area contributed by atoms with E-state index in [1.165, 1.54) is 55.9 Å². The minimum atomic E-state index is -4.54. The largest absolute Gasteiger partial charge is 0.416 e. The Hall–Kier alpha value is -8.66. The molecule has 0 unspecified atom stereocenters. The van der Waals surface area contributed by atoms with Crippen LogP contribution in [-0.2, 0) is 6.18 Å². The van der Waals surface area contributed by atoms with Gasteiger partial charge in [0.25, 0.3) is 0 Å². The van der Waals surface area contributed by atoms with Crippen molar-refractivity contribution in [3.8, 4) is 66.8 Å². The summed E-state index contributed by atoms with van der Waals surface area (Å²) in [5.74, 6) is 0. The molecule has 0 bridgehead atoms. The van der Waals surface area contributed by atoms with E-state index in [1.54, 1.807) is 0 Å². The third-order valence-corrected chi connectivity index (χ3v) is 13.8. The monoisotopic (exact) mass is 1040 g/mol. The van der Waals surface area contributed by atoms with Gasteiger partial charge in [-0.15, -0.1) is 0 Å². The number of fused-ring (bicyclic) bond motifs is 15. The maximum atomic E-state index is 15.1. The Bertz CT molecular complexity index is 4030. The van der Waals surface area contributed by atoms with Gasteiger partial charge in [-0.05, 0) is 179 Å². The van der Waals surface area contributed by atoms with E-state index in [9.17, 15) is 0 Å². The van der Waals surface area contributed by atoms with E-state index >= 15 is 13.2 Å². The highest BCUT2D eigenvalue weighted by atomic mass is 20.0. The molecule has 0 spiro atoms. The van der Waals surface area contributed by atoms with E-state index in [0.29, 0.717) is 10.9 Å². The molecule has 0 heterocycles. The molecular formula is C59H32F16. The van der Waals surface area contributed by atoms with Crippen LogP contribution in [0.25, 0.3) is 142 Å². The molecule has 12 aromatic rings. The van der Waals surface area contributed by atoms with Gasteiger partial charge in [-0.25, -0.2) is 0 Å². The highest BCUT2D eigenvalue weighted by Gasteiger charge is 2.37. The smallest absolute Gasteiger partial charge is 0.269 e. The standard InChI is InChI=1S/C59H31F3.6F2.FH/c60-59(61,62)37-29-49-39-19-10-8-17-35(39)28-50-55(49)51(30-37)58-53(33-14-5-2-6-15-33)56-43-23-22-36-26-46-42-21-11-20-41-38-18-9-7-16-34(38)27-48(54(41)42)47(46)31-45(36)40(43)24-25-44(56)52(57(50)58)32-12-3-1-4-13-32;6*1-2;/h1-31H;;;;;;;1H. The van der Waals surface area contributed by atoms with Crippen LogP contribution in [0.15, 0.2) is 188 Å². The fourth-order valence-corrected chi connectivity index (χ4v) is 11.4. The van der Waals surface area contributed by atoms with Crippen molar-refractivity contribution < 1.29 is 72.8 Å². The molecule has 0 saturated heterocycles. The molecule has 0 radical (unpaired) electrons. The van der Waals surface area contributed by atoms with Crippen molar-refractivity contribution in [2.24, 2.45) is 0 Å². The summed E-state index contributed by atoms with van der Waals surface area (Å²) in [5.41, 5.74) is 11.7. The molecule has 0 nitrogen and oxygen atoms in total. The van der Waals surface area contributed by atoms with Gasteiger partial charge in [-0.1, -0.05) is 152 Å². The minimum absolute atomic E-state index is 0. The third kappa shape index (κ3) is 8.53. The fraction of sp³-hybridized carbons (Fsp3) is 0.0169. The van der Waals surface area contributed by atoms with Crippen molar-refractivity contribution in [2.45, 2.75) is 6.18 Å². The van der Waals surface area contributed by atoms with Gasteiger partial charge in [0, 0.05) is 54.9 Å². The van der Waals surface area contributed by atoms with Crippen molar-refractivity contribution in [2.75, 3.05) is 0 Å². The van der Waals surface area contributed by atoms with Gasteiger partial charge in [0.15, 0.2) is 0 Å². The number of halogens is 16. The lowest BCUT2D eigenvalue weighted by Gasteiger charge is -2.22. The van der Waals surface area contributed by atoms with Gasteiger partial charge < -0.3 is 0 Å². The molecule has 0 fully saturated rings. The van der Waals surface area contributed by atoms with Gasteiger partial charge in [-0.2, -0.15) is 13.2 Å². The second-order valence-corrected chi connectivity index (χ2v) is 17.0. The molecule has 0 amide bonds. The first-order valence-electron chi connectivity index (χ1n) is 21.9. The zero-order chi connectivity index (χ0) is 53.0. The van der Waals surface area contributed by atoms with Crippen molar-refractivity contribution in [1.29, 1.82) is 0 Å². The summed E-state index contributed by atoms with van der Waals surface area (Å²) in [6.45, 7) is 0. The molecule has 16 heteroatoms. The van der Waals surface area contributed by atoms with Gasteiger partial charge in [0.05, 0.1) is 5.56 Å². The Kier molecular flexibility index (Phi) is 16.3. The predicted molar refractivity (Wildman–Crippen MR) is 270 cm³/mol. The molecule has 0 atom stereocenters. The maximum Gasteiger partial charge on any atom is 0.416 e. The summed E-state index contributed by atoms with van der Waals surface area (Å²) < 4.78 is 141. The van der Waals surface area contributed by atoms with Crippen LogP contribution in [-0.4, -0.2) is 0 Å². The molecule has 0 saturated carbocycles. The van der Waals surface area contributed by atoms with Crippen molar-refractivity contribution >= 4 is 75.4 Å². The lowest BCUT2D eigenvalue weighted by molar-refractivity contribution is -0.137. The quantitative estimate of drug-likeness (QED) is 0.120. The first-order chi connectivity index (χ1) is 36.4. The highest BCUT2D eigenvalue weighted by Crippen LogP contribution is 2.61. The molecule has 2 aliphatic rings. The van der Waals surface area contributed by atoms with Crippen LogP contribution in [0.4, 0.5) is 72.8 Å². The molecule has 2 aliphatic carbocycles. The van der Waals surface area contributed by atoms with Gasteiger partial charge >= 0.3 is 6.18 Å². The van der Waals surface area contributed by atoms with Crippen LogP contribution in [0.2, 0.25) is 0 Å². The molecule has 0 N–H and O–H groups in total. The highest BCUT2D eigenvalue weighted by molar-refractivity contribution is 6.35. The summed E-state index contributed by atoms with van der Waals surface area (Å²) >= 11 is 0. The third-order valence-electron chi connectivity index (χ3n) is 13.8. The van der Waals surface area contributed by atoms with Crippen LogP contribution in [0.1, 0.15) is 5.56 Å². The molecule has 380 valence electrons. The van der Waals surface area contributed by atoms with Crippen molar-refractivity contribution in [3.05, 3.63) is 194 Å². The second-order valence-electron chi connectivity index (χ2n) is 17.0. The van der Waals surface area contributed by atoms with Crippen LogP contribution in [0.5, 0.6) is 0 Å². The fourth-order valence-electron chi connectivity index (χ4n) is 11.4. The average molecular weight is 1040 g/mol. The van der Waals surface area contributed by atoms with Crippen LogP contribution in [0, 0.1) is 0 Å². The Labute approximate surface area is 413 Å². The van der Waals surface area contributed by atoms with Crippen LogP contribution < -0.4 is 0 Å². The number of rotatable bonds is 2. The Balaban J connectivity index is 0.000000592. The average Bonchev–Trinajstić information content (AvgIpc) is 4.07. The number of alkyl halides is 3. The predicted octanol–water partition coefficient (Wildman–Crippen LogP) is 22.6.